The van der Waals surface area contributed by atoms with E-state index in [0.29, 0.717) is 6.42 Å². The van der Waals surface area contributed by atoms with E-state index < -0.39 is 0 Å². The fourth-order valence-electron chi connectivity index (χ4n) is 2.46. The lowest BCUT2D eigenvalue weighted by Crippen LogP contribution is -2.19. The predicted octanol–water partition coefficient (Wildman–Crippen LogP) is 3.10. The molecule has 0 aliphatic carbocycles. The van der Waals surface area contributed by atoms with Crippen LogP contribution in [0.25, 0.3) is 0 Å². The van der Waals surface area contributed by atoms with Crippen LogP contribution in [0.5, 0.6) is 0 Å². The molecule has 1 aromatic carbocycles. The molecule has 5 heteroatoms. The Bertz CT molecular complexity index is 660. The minimum Gasteiger partial charge on any atom is -0.326 e. The molecule has 1 aromatic heterocycles. The highest BCUT2D eigenvalue weighted by Gasteiger charge is 2.15. The lowest BCUT2D eigenvalue weighted by molar-refractivity contribution is -0.116. The molecule has 5 nitrogen and oxygen atoms in total. The van der Waals surface area contributed by atoms with Crippen LogP contribution in [-0.2, 0) is 4.79 Å². The van der Waals surface area contributed by atoms with Crippen molar-refractivity contribution in [2.24, 2.45) is 0 Å². The molecule has 0 saturated heterocycles. The first-order valence-electron chi connectivity index (χ1n) is 7.13. The van der Waals surface area contributed by atoms with Crippen LogP contribution in [-0.4, -0.2) is 20.7 Å². The molecule has 0 spiro atoms. The van der Waals surface area contributed by atoms with Crippen molar-refractivity contribution in [3.05, 3.63) is 41.0 Å². The number of carbonyl (C=O) groups excluding carboxylic acids is 1. The molecular formula is C16H22N4O. The number of nitrogens with one attached hydrogen (secondary N) is 1. The SMILES string of the molecule is Cc1ccc(NC(=O)C[C@@H](C)n2nc(C)nc2C)c(C)c1. The summed E-state index contributed by atoms with van der Waals surface area (Å²) in [5.74, 6) is 1.55. The molecular weight excluding hydrogens is 264 g/mol. The number of anilines is 1. The van der Waals surface area contributed by atoms with E-state index in [9.17, 15) is 4.79 Å². The Labute approximate surface area is 125 Å². The molecule has 21 heavy (non-hydrogen) atoms. The van der Waals surface area contributed by atoms with Gasteiger partial charge in [-0.3, -0.25) is 4.79 Å². The molecule has 0 unspecified atom stereocenters. The monoisotopic (exact) mass is 286 g/mol. The highest BCUT2D eigenvalue weighted by molar-refractivity contribution is 5.91. The summed E-state index contributed by atoms with van der Waals surface area (Å²) in [4.78, 5) is 16.4. The summed E-state index contributed by atoms with van der Waals surface area (Å²) in [5, 5.41) is 7.29. The van der Waals surface area contributed by atoms with E-state index in [-0.39, 0.29) is 11.9 Å². The lowest BCUT2D eigenvalue weighted by Gasteiger charge is -2.14. The maximum atomic E-state index is 12.2. The van der Waals surface area contributed by atoms with Crippen LogP contribution in [0.2, 0.25) is 0 Å². The van der Waals surface area contributed by atoms with E-state index in [0.717, 1.165) is 22.9 Å². The van der Waals surface area contributed by atoms with Crippen LogP contribution in [0.15, 0.2) is 18.2 Å². The normalized spacial score (nSPS) is 12.2. The molecule has 2 rings (SSSR count). The fraction of sp³-hybridized carbons (Fsp3) is 0.438. The standard InChI is InChI=1S/C16H22N4O/c1-10-6-7-15(11(2)8-10)18-16(21)9-12(3)20-14(5)17-13(4)19-20/h6-8,12H,9H2,1-5H3,(H,18,21)/t12-/m1/s1. The Balaban J connectivity index is 2.03. The van der Waals surface area contributed by atoms with Crippen molar-refractivity contribution in [2.45, 2.75) is 47.1 Å². The largest absolute Gasteiger partial charge is 0.326 e. The van der Waals surface area contributed by atoms with Gasteiger partial charge in [-0.2, -0.15) is 5.10 Å². The van der Waals surface area contributed by atoms with Crippen molar-refractivity contribution in [3.8, 4) is 0 Å². The molecule has 0 radical (unpaired) electrons. The van der Waals surface area contributed by atoms with Gasteiger partial charge in [0.25, 0.3) is 0 Å². The van der Waals surface area contributed by atoms with E-state index in [1.54, 1.807) is 4.68 Å². The van der Waals surface area contributed by atoms with Crippen molar-refractivity contribution in [3.63, 3.8) is 0 Å². The van der Waals surface area contributed by atoms with Crippen LogP contribution in [0.1, 0.15) is 42.2 Å². The first-order valence-corrected chi connectivity index (χ1v) is 7.13. The summed E-state index contributed by atoms with van der Waals surface area (Å²) in [5.41, 5.74) is 3.13. The number of hydrogen-bond acceptors (Lipinski definition) is 3. The van der Waals surface area contributed by atoms with Gasteiger partial charge in [-0.25, -0.2) is 9.67 Å². The highest BCUT2D eigenvalue weighted by Crippen LogP contribution is 2.18. The van der Waals surface area contributed by atoms with Gasteiger partial charge < -0.3 is 5.32 Å². The molecule has 1 N–H and O–H groups in total. The molecule has 0 aliphatic rings. The molecule has 1 atom stereocenters. The summed E-state index contributed by atoms with van der Waals surface area (Å²) in [6.45, 7) is 9.76. The van der Waals surface area contributed by atoms with Crippen molar-refractivity contribution in [2.75, 3.05) is 5.32 Å². The zero-order valence-electron chi connectivity index (χ0n) is 13.3. The summed E-state index contributed by atoms with van der Waals surface area (Å²) in [6.07, 6.45) is 0.372. The van der Waals surface area contributed by atoms with Crippen LogP contribution >= 0.6 is 0 Å². The van der Waals surface area contributed by atoms with Crippen molar-refractivity contribution >= 4 is 11.6 Å². The number of amides is 1. The summed E-state index contributed by atoms with van der Waals surface area (Å²) >= 11 is 0. The molecule has 0 aliphatic heterocycles. The predicted molar refractivity (Wildman–Crippen MR) is 83.4 cm³/mol. The van der Waals surface area contributed by atoms with Gasteiger partial charge in [-0.15, -0.1) is 0 Å². The maximum absolute atomic E-state index is 12.2. The Kier molecular flexibility index (Phi) is 4.40. The molecule has 1 heterocycles. The zero-order valence-corrected chi connectivity index (χ0v) is 13.3. The van der Waals surface area contributed by atoms with Crippen molar-refractivity contribution < 1.29 is 4.79 Å². The van der Waals surface area contributed by atoms with Gasteiger partial charge in [0.2, 0.25) is 5.91 Å². The molecule has 2 aromatic rings. The highest BCUT2D eigenvalue weighted by atomic mass is 16.1. The van der Waals surface area contributed by atoms with Crippen molar-refractivity contribution in [1.82, 2.24) is 14.8 Å². The molecule has 1 amide bonds. The average molecular weight is 286 g/mol. The van der Waals surface area contributed by atoms with E-state index in [2.05, 4.69) is 21.5 Å². The number of nitrogens with zero attached hydrogens (tertiary/aromatic N) is 3. The number of aromatic nitrogens is 3. The third kappa shape index (κ3) is 3.68. The van der Waals surface area contributed by atoms with E-state index in [1.807, 2.05) is 46.8 Å². The van der Waals surface area contributed by atoms with E-state index in [4.69, 9.17) is 0 Å². The molecule has 0 saturated carbocycles. The maximum Gasteiger partial charge on any atom is 0.226 e. The van der Waals surface area contributed by atoms with Crippen LogP contribution < -0.4 is 5.32 Å². The number of hydrogen-bond donors (Lipinski definition) is 1. The minimum atomic E-state index is -0.0167. The number of aryl methyl sites for hydroxylation is 4. The molecule has 0 fully saturated rings. The van der Waals surface area contributed by atoms with Crippen LogP contribution in [0.3, 0.4) is 0 Å². The molecule has 0 bridgehead atoms. The lowest BCUT2D eigenvalue weighted by atomic mass is 10.1. The topological polar surface area (TPSA) is 59.8 Å². The van der Waals surface area contributed by atoms with E-state index >= 15 is 0 Å². The average Bonchev–Trinajstić information content (AvgIpc) is 2.72. The Hall–Kier alpha value is -2.17. The Morgan fingerprint density at radius 2 is 2.00 bits per heavy atom. The first-order chi connectivity index (χ1) is 9.86. The van der Waals surface area contributed by atoms with Crippen LogP contribution in [0.4, 0.5) is 5.69 Å². The van der Waals surface area contributed by atoms with Crippen LogP contribution in [0, 0.1) is 27.7 Å². The number of benzene rings is 1. The Morgan fingerprint density at radius 3 is 2.57 bits per heavy atom. The van der Waals surface area contributed by atoms with Gasteiger partial charge in [0, 0.05) is 12.1 Å². The summed E-state index contributed by atoms with van der Waals surface area (Å²) in [7, 11) is 0. The third-order valence-electron chi connectivity index (χ3n) is 3.46. The first kappa shape index (κ1) is 15.2. The van der Waals surface area contributed by atoms with E-state index in [1.165, 1.54) is 5.56 Å². The smallest absolute Gasteiger partial charge is 0.226 e. The third-order valence-corrected chi connectivity index (χ3v) is 3.46. The van der Waals surface area contributed by atoms with Gasteiger partial charge >= 0.3 is 0 Å². The van der Waals surface area contributed by atoms with Gasteiger partial charge in [-0.05, 0) is 46.2 Å². The van der Waals surface area contributed by atoms with Gasteiger partial charge in [0.15, 0.2) is 0 Å². The number of rotatable bonds is 4. The van der Waals surface area contributed by atoms with Crippen molar-refractivity contribution in [1.29, 1.82) is 0 Å². The second kappa shape index (κ2) is 6.08. The fourth-order valence-corrected chi connectivity index (χ4v) is 2.46. The molecule has 112 valence electrons. The van der Waals surface area contributed by atoms with Gasteiger partial charge in [0.1, 0.15) is 11.6 Å². The summed E-state index contributed by atoms with van der Waals surface area (Å²) < 4.78 is 1.80. The quantitative estimate of drug-likeness (QED) is 0.939. The minimum absolute atomic E-state index is 0.0120. The number of carbonyl (C=O) groups is 1. The second-order valence-corrected chi connectivity index (χ2v) is 5.57. The zero-order chi connectivity index (χ0) is 15.6. The second-order valence-electron chi connectivity index (χ2n) is 5.57. The Morgan fingerprint density at radius 1 is 1.29 bits per heavy atom. The van der Waals surface area contributed by atoms with Gasteiger partial charge in [0.05, 0.1) is 6.04 Å². The summed E-state index contributed by atoms with van der Waals surface area (Å²) in [6, 6.07) is 5.98. The van der Waals surface area contributed by atoms with Gasteiger partial charge in [-0.1, -0.05) is 17.7 Å².